The van der Waals surface area contributed by atoms with E-state index in [2.05, 4.69) is 15.5 Å². The first kappa shape index (κ1) is 15.3. The average Bonchev–Trinajstić information content (AvgIpc) is 3.05. The predicted octanol–water partition coefficient (Wildman–Crippen LogP) is 2.88. The molecule has 2 heterocycles. The standard InChI is InChI=1S/C16H16ClN5O/c1-11-6-15(21(2)20-11)16(23)19-14-8-18-22(10-14)9-12-4-3-5-13(17)7-12/h3-8,10H,9H2,1-2H3,(H,19,23). The van der Waals surface area contributed by atoms with E-state index in [0.29, 0.717) is 22.9 Å². The number of halogens is 1. The molecule has 0 bridgehead atoms. The molecule has 1 amide bonds. The van der Waals surface area contributed by atoms with Crippen LogP contribution in [-0.4, -0.2) is 25.5 Å². The summed E-state index contributed by atoms with van der Waals surface area (Å²) in [6.07, 6.45) is 3.40. The molecule has 0 unspecified atom stereocenters. The zero-order valence-electron chi connectivity index (χ0n) is 12.8. The van der Waals surface area contributed by atoms with Gasteiger partial charge in [0.1, 0.15) is 5.69 Å². The molecular weight excluding hydrogens is 314 g/mol. The van der Waals surface area contributed by atoms with Crippen LogP contribution in [0.1, 0.15) is 21.7 Å². The minimum Gasteiger partial charge on any atom is -0.318 e. The van der Waals surface area contributed by atoms with Gasteiger partial charge in [0.25, 0.3) is 5.91 Å². The monoisotopic (exact) mass is 329 g/mol. The van der Waals surface area contributed by atoms with Crippen molar-refractivity contribution in [1.82, 2.24) is 19.6 Å². The Morgan fingerprint density at radius 3 is 2.87 bits per heavy atom. The summed E-state index contributed by atoms with van der Waals surface area (Å²) < 4.78 is 3.30. The fraction of sp³-hybridized carbons (Fsp3) is 0.188. The Bertz CT molecular complexity index is 852. The highest BCUT2D eigenvalue weighted by Gasteiger charge is 2.12. The zero-order valence-corrected chi connectivity index (χ0v) is 13.6. The molecule has 1 N–H and O–H groups in total. The second kappa shape index (κ2) is 6.26. The van der Waals surface area contributed by atoms with Crippen LogP contribution in [0, 0.1) is 6.92 Å². The summed E-state index contributed by atoms with van der Waals surface area (Å²) in [5.74, 6) is -0.213. The van der Waals surface area contributed by atoms with Crippen molar-refractivity contribution in [2.75, 3.05) is 5.32 Å². The highest BCUT2D eigenvalue weighted by molar-refractivity contribution is 6.30. The molecule has 1 aromatic carbocycles. The second-order valence-electron chi connectivity index (χ2n) is 5.31. The first-order valence-electron chi connectivity index (χ1n) is 7.10. The van der Waals surface area contributed by atoms with Crippen molar-refractivity contribution in [1.29, 1.82) is 0 Å². The molecule has 3 aromatic rings. The number of aryl methyl sites for hydroxylation is 2. The van der Waals surface area contributed by atoms with Gasteiger partial charge >= 0.3 is 0 Å². The summed E-state index contributed by atoms with van der Waals surface area (Å²) in [6, 6.07) is 9.33. The van der Waals surface area contributed by atoms with Gasteiger partial charge in [0.2, 0.25) is 0 Å². The maximum absolute atomic E-state index is 12.2. The predicted molar refractivity (Wildman–Crippen MR) is 88.7 cm³/mol. The van der Waals surface area contributed by atoms with Crippen LogP contribution in [0.4, 0.5) is 5.69 Å². The van der Waals surface area contributed by atoms with E-state index in [1.54, 1.807) is 34.9 Å². The number of rotatable bonds is 4. The van der Waals surface area contributed by atoms with Gasteiger partial charge in [-0.05, 0) is 30.7 Å². The topological polar surface area (TPSA) is 64.7 Å². The average molecular weight is 330 g/mol. The maximum Gasteiger partial charge on any atom is 0.274 e. The van der Waals surface area contributed by atoms with E-state index in [0.717, 1.165) is 11.3 Å². The minimum absolute atomic E-state index is 0.213. The summed E-state index contributed by atoms with van der Waals surface area (Å²) in [6.45, 7) is 2.43. The van der Waals surface area contributed by atoms with Crippen molar-refractivity contribution in [3.63, 3.8) is 0 Å². The lowest BCUT2D eigenvalue weighted by Crippen LogP contribution is -2.15. The van der Waals surface area contributed by atoms with Gasteiger partial charge in [0.15, 0.2) is 0 Å². The molecular formula is C16H16ClN5O. The Morgan fingerprint density at radius 2 is 2.17 bits per heavy atom. The zero-order chi connectivity index (χ0) is 16.4. The molecule has 0 fully saturated rings. The smallest absolute Gasteiger partial charge is 0.274 e. The summed E-state index contributed by atoms with van der Waals surface area (Å²) in [4.78, 5) is 12.2. The molecule has 118 valence electrons. The van der Waals surface area contributed by atoms with E-state index in [1.165, 1.54) is 0 Å². The van der Waals surface area contributed by atoms with Gasteiger partial charge < -0.3 is 5.32 Å². The molecule has 0 saturated heterocycles. The van der Waals surface area contributed by atoms with Crippen LogP contribution in [-0.2, 0) is 13.6 Å². The Labute approximate surface area is 138 Å². The SMILES string of the molecule is Cc1cc(C(=O)Nc2cnn(Cc3cccc(Cl)c3)c2)n(C)n1. The number of carbonyl (C=O) groups excluding carboxylic acids is 1. The Morgan fingerprint density at radius 1 is 1.35 bits per heavy atom. The van der Waals surface area contributed by atoms with Crippen molar-refractivity contribution in [3.8, 4) is 0 Å². The third-order valence-electron chi connectivity index (χ3n) is 3.36. The lowest BCUT2D eigenvalue weighted by Gasteiger charge is -2.03. The molecule has 6 nitrogen and oxygen atoms in total. The highest BCUT2D eigenvalue weighted by Crippen LogP contribution is 2.14. The summed E-state index contributed by atoms with van der Waals surface area (Å²) in [5, 5.41) is 11.9. The van der Waals surface area contributed by atoms with Gasteiger partial charge in [0, 0.05) is 18.3 Å². The number of nitrogens with zero attached hydrogens (tertiary/aromatic N) is 4. The number of carbonyl (C=O) groups is 1. The van der Waals surface area contributed by atoms with E-state index < -0.39 is 0 Å². The molecule has 0 spiro atoms. The lowest BCUT2D eigenvalue weighted by molar-refractivity contribution is 0.101. The molecule has 23 heavy (non-hydrogen) atoms. The van der Waals surface area contributed by atoms with Gasteiger partial charge in [0.05, 0.1) is 24.1 Å². The molecule has 0 aliphatic rings. The number of nitrogens with one attached hydrogen (secondary N) is 1. The molecule has 2 aromatic heterocycles. The summed E-state index contributed by atoms with van der Waals surface area (Å²) in [7, 11) is 1.74. The van der Waals surface area contributed by atoms with Crippen molar-refractivity contribution in [3.05, 3.63) is 64.7 Å². The first-order valence-corrected chi connectivity index (χ1v) is 7.48. The third kappa shape index (κ3) is 3.60. The van der Waals surface area contributed by atoms with Crippen LogP contribution >= 0.6 is 11.6 Å². The fourth-order valence-corrected chi connectivity index (χ4v) is 2.57. The van der Waals surface area contributed by atoms with E-state index in [-0.39, 0.29) is 5.91 Å². The highest BCUT2D eigenvalue weighted by atomic mass is 35.5. The number of hydrogen-bond acceptors (Lipinski definition) is 3. The van der Waals surface area contributed by atoms with Gasteiger partial charge in [-0.2, -0.15) is 10.2 Å². The van der Waals surface area contributed by atoms with Crippen molar-refractivity contribution >= 4 is 23.2 Å². The lowest BCUT2D eigenvalue weighted by atomic mass is 10.2. The third-order valence-corrected chi connectivity index (χ3v) is 3.59. The maximum atomic E-state index is 12.2. The van der Waals surface area contributed by atoms with Crippen LogP contribution in [0.25, 0.3) is 0 Å². The van der Waals surface area contributed by atoms with Crippen molar-refractivity contribution < 1.29 is 4.79 Å². The van der Waals surface area contributed by atoms with Crippen LogP contribution in [0.15, 0.2) is 42.7 Å². The Kier molecular flexibility index (Phi) is 4.16. The molecule has 7 heteroatoms. The first-order chi connectivity index (χ1) is 11.0. The second-order valence-corrected chi connectivity index (χ2v) is 5.74. The molecule has 0 aliphatic heterocycles. The number of amides is 1. The van der Waals surface area contributed by atoms with Crippen LogP contribution in [0.2, 0.25) is 5.02 Å². The summed E-state index contributed by atoms with van der Waals surface area (Å²) >= 11 is 5.97. The molecule has 0 radical (unpaired) electrons. The molecule has 3 rings (SSSR count). The van der Waals surface area contributed by atoms with Crippen LogP contribution in [0.5, 0.6) is 0 Å². The van der Waals surface area contributed by atoms with Gasteiger partial charge in [-0.1, -0.05) is 23.7 Å². The van der Waals surface area contributed by atoms with E-state index in [1.807, 2.05) is 31.2 Å². The van der Waals surface area contributed by atoms with Crippen molar-refractivity contribution in [2.45, 2.75) is 13.5 Å². The largest absolute Gasteiger partial charge is 0.318 e. The van der Waals surface area contributed by atoms with Crippen molar-refractivity contribution in [2.24, 2.45) is 7.05 Å². The number of hydrogen-bond donors (Lipinski definition) is 1. The van der Waals surface area contributed by atoms with Gasteiger partial charge in [-0.3, -0.25) is 14.2 Å². The van der Waals surface area contributed by atoms with Crippen LogP contribution < -0.4 is 5.32 Å². The number of anilines is 1. The Hall–Kier alpha value is -2.60. The quantitative estimate of drug-likeness (QED) is 0.800. The molecule has 0 atom stereocenters. The minimum atomic E-state index is -0.213. The van der Waals surface area contributed by atoms with Gasteiger partial charge in [-0.25, -0.2) is 0 Å². The van der Waals surface area contributed by atoms with E-state index >= 15 is 0 Å². The summed E-state index contributed by atoms with van der Waals surface area (Å²) in [5.41, 5.74) is 2.98. The molecule has 0 saturated carbocycles. The fourth-order valence-electron chi connectivity index (χ4n) is 2.36. The number of benzene rings is 1. The Balaban J connectivity index is 1.70. The molecule has 0 aliphatic carbocycles. The van der Waals surface area contributed by atoms with Crippen LogP contribution in [0.3, 0.4) is 0 Å². The van der Waals surface area contributed by atoms with E-state index in [9.17, 15) is 4.79 Å². The van der Waals surface area contributed by atoms with E-state index in [4.69, 9.17) is 11.6 Å². The number of aromatic nitrogens is 4. The normalized spacial score (nSPS) is 10.7. The van der Waals surface area contributed by atoms with Gasteiger partial charge in [-0.15, -0.1) is 0 Å².